The number of nitrogens with zero attached hydrogens (tertiary/aromatic N) is 1. The van der Waals surface area contributed by atoms with Crippen LogP contribution in [0.2, 0.25) is 0 Å². The van der Waals surface area contributed by atoms with Crippen molar-refractivity contribution >= 4 is 7.60 Å². The highest BCUT2D eigenvalue weighted by atomic mass is 31.2. The molecule has 1 aromatic rings. The van der Waals surface area contributed by atoms with Gasteiger partial charge in [-0.2, -0.15) is 0 Å². The fraction of sp³-hybridized carbons (Fsp3) is 0.500. The SMILES string of the molecule is O=c1ccn(C[C@@H](CO)OCP(=O)(O)O)c(=O)[nH]1. The van der Waals surface area contributed by atoms with Crippen LogP contribution in [0.25, 0.3) is 0 Å². The first-order valence-electron chi connectivity index (χ1n) is 4.88. The molecule has 0 aromatic carbocycles. The van der Waals surface area contributed by atoms with Gasteiger partial charge < -0.3 is 19.6 Å². The van der Waals surface area contributed by atoms with E-state index in [0.29, 0.717) is 0 Å². The van der Waals surface area contributed by atoms with Gasteiger partial charge in [-0.1, -0.05) is 0 Å². The van der Waals surface area contributed by atoms with Gasteiger partial charge >= 0.3 is 13.3 Å². The first kappa shape index (κ1) is 14.8. The molecule has 1 atom stereocenters. The number of hydrogen-bond donors (Lipinski definition) is 4. The third kappa shape index (κ3) is 4.94. The van der Waals surface area contributed by atoms with Gasteiger partial charge in [0.2, 0.25) is 0 Å². The van der Waals surface area contributed by atoms with Gasteiger partial charge in [-0.3, -0.25) is 18.9 Å². The van der Waals surface area contributed by atoms with Crippen molar-refractivity contribution in [3.05, 3.63) is 33.1 Å². The minimum absolute atomic E-state index is 0.133. The minimum atomic E-state index is -4.34. The van der Waals surface area contributed by atoms with E-state index in [9.17, 15) is 14.2 Å². The molecule has 1 aromatic heterocycles. The summed E-state index contributed by atoms with van der Waals surface area (Å²) in [5.74, 6) is 0. The molecular formula is C8H13N2O7P. The van der Waals surface area contributed by atoms with Crippen LogP contribution in [0.5, 0.6) is 0 Å². The van der Waals surface area contributed by atoms with Crippen LogP contribution in [-0.4, -0.2) is 43.5 Å². The molecule has 102 valence electrons. The van der Waals surface area contributed by atoms with Gasteiger partial charge in [-0.05, 0) is 0 Å². The van der Waals surface area contributed by atoms with Crippen molar-refractivity contribution in [1.29, 1.82) is 0 Å². The number of rotatable bonds is 6. The number of aromatic nitrogens is 2. The van der Waals surface area contributed by atoms with Crippen LogP contribution in [0.1, 0.15) is 0 Å². The van der Waals surface area contributed by atoms with E-state index >= 15 is 0 Å². The zero-order valence-electron chi connectivity index (χ0n) is 9.22. The van der Waals surface area contributed by atoms with Crippen molar-refractivity contribution in [3.63, 3.8) is 0 Å². The lowest BCUT2D eigenvalue weighted by Gasteiger charge is -2.16. The average Bonchev–Trinajstić information content (AvgIpc) is 2.25. The van der Waals surface area contributed by atoms with Crippen LogP contribution >= 0.6 is 7.60 Å². The highest BCUT2D eigenvalue weighted by molar-refractivity contribution is 7.51. The second-order valence-corrected chi connectivity index (χ2v) is 5.12. The monoisotopic (exact) mass is 280 g/mol. The topological polar surface area (TPSA) is 142 Å². The van der Waals surface area contributed by atoms with E-state index in [4.69, 9.17) is 19.6 Å². The van der Waals surface area contributed by atoms with E-state index in [0.717, 1.165) is 10.6 Å². The Morgan fingerprint density at radius 3 is 2.61 bits per heavy atom. The third-order valence-electron chi connectivity index (χ3n) is 1.98. The highest BCUT2D eigenvalue weighted by Crippen LogP contribution is 2.34. The zero-order chi connectivity index (χ0) is 13.8. The molecule has 0 bridgehead atoms. The molecule has 0 saturated carbocycles. The summed E-state index contributed by atoms with van der Waals surface area (Å²) in [6, 6.07) is 1.11. The molecule has 0 amide bonds. The molecule has 0 unspecified atom stereocenters. The summed E-state index contributed by atoms with van der Waals surface area (Å²) < 4.78 is 16.4. The first-order chi connectivity index (χ1) is 8.31. The lowest BCUT2D eigenvalue weighted by atomic mass is 10.3. The summed E-state index contributed by atoms with van der Waals surface area (Å²) in [6.07, 6.45) is -0.609. The Morgan fingerprint density at radius 1 is 1.44 bits per heavy atom. The van der Waals surface area contributed by atoms with Gasteiger partial charge in [0.1, 0.15) is 6.35 Å². The van der Waals surface area contributed by atoms with Crippen LogP contribution < -0.4 is 11.2 Å². The molecule has 0 aliphatic rings. The minimum Gasteiger partial charge on any atom is -0.394 e. The predicted octanol–water partition coefficient (Wildman–Crippen LogP) is -1.95. The largest absolute Gasteiger partial charge is 0.394 e. The maximum atomic E-state index is 11.3. The molecule has 9 nitrogen and oxygen atoms in total. The van der Waals surface area contributed by atoms with E-state index < -0.39 is 37.9 Å². The van der Waals surface area contributed by atoms with Gasteiger partial charge in [0.15, 0.2) is 0 Å². The second-order valence-electron chi connectivity index (χ2n) is 3.53. The summed E-state index contributed by atoms with van der Waals surface area (Å²) in [4.78, 5) is 41.3. The Labute approximate surface area is 101 Å². The zero-order valence-corrected chi connectivity index (χ0v) is 10.1. The van der Waals surface area contributed by atoms with E-state index in [-0.39, 0.29) is 6.54 Å². The fourth-order valence-electron chi connectivity index (χ4n) is 1.17. The number of aromatic amines is 1. The molecule has 0 saturated heterocycles. The van der Waals surface area contributed by atoms with Crippen LogP contribution in [-0.2, 0) is 15.8 Å². The average molecular weight is 280 g/mol. The molecule has 4 N–H and O–H groups in total. The molecule has 18 heavy (non-hydrogen) atoms. The van der Waals surface area contributed by atoms with Gasteiger partial charge in [0, 0.05) is 12.3 Å². The van der Waals surface area contributed by atoms with Crippen molar-refractivity contribution in [2.75, 3.05) is 13.0 Å². The molecule has 0 spiro atoms. The van der Waals surface area contributed by atoms with Crippen LogP contribution in [0.3, 0.4) is 0 Å². The Balaban J connectivity index is 2.71. The molecule has 1 heterocycles. The van der Waals surface area contributed by atoms with Crippen molar-refractivity contribution in [3.8, 4) is 0 Å². The van der Waals surface area contributed by atoms with Crippen LogP contribution in [0, 0.1) is 0 Å². The summed E-state index contributed by atoms with van der Waals surface area (Å²) >= 11 is 0. The highest BCUT2D eigenvalue weighted by Gasteiger charge is 2.18. The van der Waals surface area contributed by atoms with Crippen molar-refractivity contribution in [2.24, 2.45) is 0 Å². The smallest absolute Gasteiger partial charge is 0.350 e. The Morgan fingerprint density at radius 2 is 2.11 bits per heavy atom. The van der Waals surface area contributed by atoms with E-state index in [1.54, 1.807) is 0 Å². The van der Waals surface area contributed by atoms with Gasteiger partial charge in [0.25, 0.3) is 5.56 Å². The van der Waals surface area contributed by atoms with Crippen molar-refractivity contribution in [2.45, 2.75) is 12.6 Å². The van der Waals surface area contributed by atoms with Crippen LogP contribution in [0.15, 0.2) is 21.9 Å². The lowest BCUT2D eigenvalue weighted by Crippen LogP contribution is -2.34. The quantitative estimate of drug-likeness (QED) is 0.443. The third-order valence-corrected chi connectivity index (χ3v) is 2.46. The predicted molar refractivity (Wildman–Crippen MR) is 60.2 cm³/mol. The maximum Gasteiger partial charge on any atom is 0.350 e. The Kier molecular flexibility index (Phi) is 5.00. The first-order valence-corrected chi connectivity index (χ1v) is 6.68. The number of aliphatic hydroxyl groups excluding tert-OH is 1. The Hall–Kier alpha value is -1.25. The summed E-state index contributed by atoms with van der Waals surface area (Å²) in [6.45, 7) is -0.655. The Bertz CT molecular complexity index is 545. The van der Waals surface area contributed by atoms with Gasteiger partial charge in [0.05, 0.1) is 19.3 Å². The van der Waals surface area contributed by atoms with Crippen molar-refractivity contribution < 1.29 is 24.2 Å². The molecule has 0 radical (unpaired) electrons. The molecule has 1 rings (SSSR count). The molecule has 0 fully saturated rings. The number of nitrogens with one attached hydrogen (secondary N) is 1. The van der Waals surface area contributed by atoms with Gasteiger partial charge in [-0.25, -0.2) is 4.79 Å². The maximum absolute atomic E-state index is 11.3. The summed E-state index contributed by atoms with van der Waals surface area (Å²) in [7, 11) is -4.34. The summed E-state index contributed by atoms with van der Waals surface area (Å²) in [5.41, 5.74) is -1.26. The lowest BCUT2D eigenvalue weighted by molar-refractivity contribution is 0.0188. The number of ether oxygens (including phenoxy) is 1. The number of hydrogen-bond acceptors (Lipinski definition) is 5. The molecule has 10 heteroatoms. The van der Waals surface area contributed by atoms with E-state index in [2.05, 4.69) is 0 Å². The summed E-state index contributed by atoms with van der Waals surface area (Å²) in [5, 5.41) is 8.96. The number of aliphatic hydroxyl groups is 1. The fourth-order valence-corrected chi connectivity index (χ4v) is 1.58. The molecule has 0 aliphatic heterocycles. The second kappa shape index (κ2) is 6.07. The van der Waals surface area contributed by atoms with Crippen LogP contribution in [0.4, 0.5) is 0 Å². The standard InChI is InChI=1S/C8H13N2O7P/c11-4-6(17-5-18(14,15)16)3-10-2-1-7(12)9-8(10)13/h1-2,6,11H,3-5H2,(H,9,12,13)(H2,14,15,16)/t6-/m0/s1. The van der Waals surface area contributed by atoms with Crippen molar-refractivity contribution in [1.82, 2.24) is 9.55 Å². The van der Waals surface area contributed by atoms with E-state index in [1.807, 2.05) is 4.98 Å². The number of H-pyrrole nitrogens is 1. The molecule has 0 aliphatic carbocycles. The van der Waals surface area contributed by atoms with E-state index in [1.165, 1.54) is 6.20 Å². The normalized spacial score (nSPS) is 13.5. The van der Waals surface area contributed by atoms with Gasteiger partial charge in [-0.15, -0.1) is 0 Å². The molecular weight excluding hydrogens is 267 g/mol.